The zero-order valence-electron chi connectivity index (χ0n) is 11.9. The molecule has 0 aliphatic rings. The molecule has 0 radical (unpaired) electrons. The second kappa shape index (κ2) is 6.24. The number of nitrogens with one attached hydrogen (secondary N) is 1. The number of rotatable bonds is 4. The molecule has 0 fully saturated rings. The molecule has 0 saturated carbocycles. The van der Waals surface area contributed by atoms with Gasteiger partial charge in [-0.15, -0.1) is 0 Å². The van der Waals surface area contributed by atoms with Crippen LogP contribution in [0.1, 0.15) is 27.0 Å². The van der Waals surface area contributed by atoms with E-state index in [1.165, 1.54) is 11.1 Å². The van der Waals surface area contributed by atoms with Crippen molar-refractivity contribution in [3.63, 3.8) is 0 Å². The van der Waals surface area contributed by atoms with Crippen molar-refractivity contribution < 1.29 is 4.79 Å². The Kier molecular flexibility index (Phi) is 4.41. The van der Waals surface area contributed by atoms with Crippen LogP contribution in [0, 0.1) is 13.8 Å². The molecule has 0 aromatic heterocycles. The fourth-order valence-electron chi connectivity index (χ4n) is 2.20. The highest BCUT2D eigenvalue weighted by Gasteiger charge is 2.09. The number of carbonyl (C=O) groups is 1. The molecule has 3 nitrogen and oxygen atoms in total. The van der Waals surface area contributed by atoms with E-state index in [0.29, 0.717) is 17.8 Å². The minimum Gasteiger partial charge on any atom is -0.398 e. The highest BCUT2D eigenvalue weighted by atomic mass is 16.1. The van der Waals surface area contributed by atoms with Crippen LogP contribution in [0.3, 0.4) is 0 Å². The molecule has 20 heavy (non-hydrogen) atoms. The van der Waals surface area contributed by atoms with Crippen LogP contribution in [-0.2, 0) is 6.42 Å². The van der Waals surface area contributed by atoms with Crippen molar-refractivity contribution >= 4 is 11.6 Å². The average molecular weight is 268 g/mol. The molecule has 0 aliphatic heterocycles. The molecule has 0 aliphatic carbocycles. The van der Waals surface area contributed by atoms with Gasteiger partial charge in [0.15, 0.2) is 0 Å². The highest BCUT2D eigenvalue weighted by molar-refractivity contribution is 5.96. The van der Waals surface area contributed by atoms with Gasteiger partial charge in [-0.05, 0) is 49.1 Å². The van der Waals surface area contributed by atoms with Crippen molar-refractivity contribution in [1.29, 1.82) is 0 Å². The van der Waals surface area contributed by atoms with Crippen LogP contribution in [0.4, 0.5) is 5.69 Å². The van der Waals surface area contributed by atoms with E-state index in [1.54, 1.807) is 18.2 Å². The molecule has 2 aromatic carbocycles. The van der Waals surface area contributed by atoms with Gasteiger partial charge in [-0.1, -0.05) is 30.3 Å². The maximum atomic E-state index is 12.1. The topological polar surface area (TPSA) is 55.1 Å². The van der Waals surface area contributed by atoms with E-state index in [-0.39, 0.29) is 5.91 Å². The van der Waals surface area contributed by atoms with Gasteiger partial charge < -0.3 is 11.1 Å². The Morgan fingerprint density at radius 2 is 1.85 bits per heavy atom. The Morgan fingerprint density at radius 1 is 1.10 bits per heavy atom. The average Bonchev–Trinajstić information content (AvgIpc) is 2.44. The zero-order chi connectivity index (χ0) is 14.5. The Bertz CT molecular complexity index is 620. The van der Waals surface area contributed by atoms with E-state index in [1.807, 2.05) is 19.1 Å². The summed E-state index contributed by atoms with van der Waals surface area (Å²) in [7, 11) is 0. The van der Waals surface area contributed by atoms with Crippen LogP contribution >= 0.6 is 0 Å². The van der Waals surface area contributed by atoms with Crippen LogP contribution in [0.15, 0.2) is 42.5 Å². The van der Waals surface area contributed by atoms with E-state index >= 15 is 0 Å². The number of aryl methyl sites for hydroxylation is 1. The Labute approximate surface area is 119 Å². The first-order valence-electron chi connectivity index (χ1n) is 6.77. The first-order valence-corrected chi connectivity index (χ1v) is 6.77. The summed E-state index contributed by atoms with van der Waals surface area (Å²) in [5.74, 6) is -0.0663. The Morgan fingerprint density at radius 3 is 2.60 bits per heavy atom. The third-order valence-corrected chi connectivity index (χ3v) is 3.56. The number of hydrogen-bond acceptors (Lipinski definition) is 2. The molecular formula is C17H20N2O. The number of benzene rings is 2. The second-order valence-corrected chi connectivity index (χ2v) is 4.95. The number of anilines is 1. The number of nitrogen functional groups attached to an aromatic ring is 1. The summed E-state index contributed by atoms with van der Waals surface area (Å²) in [6.45, 7) is 4.57. The number of nitrogens with two attached hydrogens (primary N) is 1. The van der Waals surface area contributed by atoms with Gasteiger partial charge in [-0.2, -0.15) is 0 Å². The summed E-state index contributed by atoms with van der Waals surface area (Å²) < 4.78 is 0. The van der Waals surface area contributed by atoms with Crippen molar-refractivity contribution in [2.24, 2.45) is 0 Å². The van der Waals surface area contributed by atoms with E-state index in [0.717, 1.165) is 12.0 Å². The lowest BCUT2D eigenvalue weighted by atomic mass is 10.0. The van der Waals surface area contributed by atoms with Crippen LogP contribution in [-0.4, -0.2) is 12.5 Å². The SMILES string of the molecule is Cc1ccccc1CCNC(=O)c1cccc(N)c1C. The van der Waals surface area contributed by atoms with Gasteiger partial charge in [0.1, 0.15) is 0 Å². The number of hydrogen-bond donors (Lipinski definition) is 2. The fourth-order valence-corrected chi connectivity index (χ4v) is 2.20. The van der Waals surface area contributed by atoms with Crippen LogP contribution in [0.2, 0.25) is 0 Å². The van der Waals surface area contributed by atoms with Crippen LogP contribution in [0.5, 0.6) is 0 Å². The summed E-state index contributed by atoms with van der Waals surface area (Å²) in [6.07, 6.45) is 0.833. The third-order valence-electron chi connectivity index (χ3n) is 3.56. The summed E-state index contributed by atoms with van der Waals surface area (Å²) in [4.78, 5) is 12.1. The summed E-state index contributed by atoms with van der Waals surface area (Å²) in [6, 6.07) is 13.6. The van der Waals surface area contributed by atoms with Crippen molar-refractivity contribution in [2.75, 3.05) is 12.3 Å². The lowest BCUT2D eigenvalue weighted by molar-refractivity contribution is 0.0953. The molecule has 104 valence electrons. The van der Waals surface area contributed by atoms with Gasteiger partial charge in [0.25, 0.3) is 5.91 Å². The largest absolute Gasteiger partial charge is 0.398 e. The highest BCUT2D eigenvalue weighted by Crippen LogP contribution is 2.15. The van der Waals surface area contributed by atoms with Crippen molar-refractivity contribution in [1.82, 2.24) is 5.32 Å². The molecule has 1 amide bonds. The molecule has 0 unspecified atom stereocenters. The van der Waals surface area contributed by atoms with Gasteiger partial charge in [0.2, 0.25) is 0 Å². The number of carbonyl (C=O) groups excluding carboxylic acids is 1. The first kappa shape index (κ1) is 14.1. The minimum absolute atomic E-state index is 0.0663. The van der Waals surface area contributed by atoms with E-state index in [2.05, 4.69) is 24.4 Å². The van der Waals surface area contributed by atoms with Crippen molar-refractivity contribution in [2.45, 2.75) is 20.3 Å². The smallest absolute Gasteiger partial charge is 0.251 e. The second-order valence-electron chi connectivity index (χ2n) is 4.95. The van der Waals surface area contributed by atoms with Gasteiger partial charge in [-0.3, -0.25) is 4.79 Å². The van der Waals surface area contributed by atoms with E-state index in [4.69, 9.17) is 5.73 Å². The quantitative estimate of drug-likeness (QED) is 0.838. The zero-order valence-corrected chi connectivity index (χ0v) is 11.9. The van der Waals surface area contributed by atoms with Gasteiger partial charge >= 0.3 is 0 Å². The first-order chi connectivity index (χ1) is 9.59. The lowest BCUT2D eigenvalue weighted by Gasteiger charge is -2.10. The van der Waals surface area contributed by atoms with Crippen molar-refractivity contribution in [3.8, 4) is 0 Å². The molecule has 0 spiro atoms. The predicted octanol–water partition coefficient (Wildman–Crippen LogP) is 2.86. The monoisotopic (exact) mass is 268 g/mol. The predicted molar refractivity (Wildman–Crippen MR) is 82.8 cm³/mol. The normalized spacial score (nSPS) is 10.3. The number of amides is 1. The summed E-state index contributed by atoms with van der Waals surface area (Å²) in [5.41, 5.74) is 10.5. The standard InChI is InChI=1S/C17H20N2O/c1-12-6-3-4-7-14(12)10-11-19-17(20)15-8-5-9-16(18)13(15)2/h3-9H,10-11,18H2,1-2H3,(H,19,20). The summed E-state index contributed by atoms with van der Waals surface area (Å²) >= 11 is 0. The molecule has 3 N–H and O–H groups in total. The fraction of sp³-hybridized carbons (Fsp3) is 0.235. The molecule has 0 atom stereocenters. The third kappa shape index (κ3) is 3.18. The maximum Gasteiger partial charge on any atom is 0.251 e. The molecule has 0 saturated heterocycles. The van der Waals surface area contributed by atoms with E-state index < -0.39 is 0 Å². The lowest BCUT2D eigenvalue weighted by Crippen LogP contribution is -2.26. The molecule has 0 bridgehead atoms. The molecule has 2 rings (SSSR count). The molecular weight excluding hydrogens is 248 g/mol. The molecule has 0 heterocycles. The Balaban J connectivity index is 1.96. The molecule has 3 heteroatoms. The molecule has 2 aromatic rings. The maximum absolute atomic E-state index is 12.1. The van der Waals surface area contributed by atoms with Gasteiger partial charge in [-0.25, -0.2) is 0 Å². The summed E-state index contributed by atoms with van der Waals surface area (Å²) in [5, 5.41) is 2.95. The van der Waals surface area contributed by atoms with Gasteiger partial charge in [0.05, 0.1) is 0 Å². The minimum atomic E-state index is -0.0663. The van der Waals surface area contributed by atoms with E-state index in [9.17, 15) is 4.79 Å². The van der Waals surface area contributed by atoms with Crippen LogP contribution in [0.25, 0.3) is 0 Å². The van der Waals surface area contributed by atoms with Crippen LogP contribution < -0.4 is 11.1 Å². The van der Waals surface area contributed by atoms with Crippen molar-refractivity contribution in [3.05, 3.63) is 64.7 Å². The van der Waals surface area contributed by atoms with Gasteiger partial charge in [0, 0.05) is 17.8 Å². The Hall–Kier alpha value is -2.29.